The van der Waals surface area contributed by atoms with E-state index in [0.717, 1.165) is 5.56 Å². The quantitative estimate of drug-likeness (QED) is 0.884. The number of nitrogens with one attached hydrogen (secondary N) is 1. The highest BCUT2D eigenvalue weighted by atomic mass is 19.3. The van der Waals surface area contributed by atoms with Crippen LogP contribution in [0.4, 0.5) is 8.78 Å². The number of hydrogen-bond donors (Lipinski definition) is 1. The number of nitrogens with zero attached hydrogens (tertiary/aromatic N) is 1. The van der Waals surface area contributed by atoms with Crippen molar-refractivity contribution < 1.29 is 18.3 Å². The summed E-state index contributed by atoms with van der Waals surface area (Å²) in [6.07, 6.45) is 1.53. The lowest BCUT2D eigenvalue weighted by Crippen LogP contribution is -2.31. The lowest BCUT2D eigenvalue weighted by molar-refractivity contribution is -0.121. The molecule has 0 radical (unpaired) electrons. The zero-order valence-corrected chi connectivity index (χ0v) is 11.5. The van der Waals surface area contributed by atoms with Gasteiger partial charge in [-0.15, -0.1) is 0 Å². The molecule has 0 aliphatic rings. The summed E-state index contributed by atoms with van der Waals surface area (Å²) in [5.41, 5.74) is 0.474. The molecule has 0 atom stereocenters. The van der Waals surface area contributed by atoms with Crippen LogP contribution in [0.2, 0.25) is 0 Å². The van der Waals surface area contributed by atoms with Crippen molar-refractivity contribution in [3.8, 4) is 5.75 Å². The Hall–Kier alpha value is -2.70. The lowest BCUT2D eigenvalue weighted by atomic mass is 10.2. The molecule has 7 heteroatoms. The summed E-state index contributed by atoms with van der Waals surface area (Å²) in [6, 6.07) is 10.6. The summed E-state index contributed by atoms with van der Waals surface area (Å²) in [5, 5.41) is 2.65. The van der Waals surface area contributed by atoms with E-state index in [1.165, 1.54) is 29.0 Å². The maximum absolute atomic E-state index is 12.0. The Bertz CT molecular complexity index is 684. The molecule has 0 spiro atoms. The van der Waals surface area contributed by atoms with Crippen molar-refractivity contribution in [2.24, 2.45) is 0 Å². The van der Waals surface area contributed by atoms with E-state index in [2.05, 4.69) is 10.1 Å². The van der Waals surface area contributed by atoms with Gasteiger partial charge in [-0.3, -0.25) is 9.59 Å². The number of pyridine rings is 1. The van der Waals surface area contributed by atoms with Crippen LogP contribution in [0.5, 0.6) is 5.75 Å². The van der Waals surface area contributed by atoms with E-state index in [1.807, 2.05) is 0 Å². The van der Waals surface area contributed by atoms with Gasteiger partial charge in [0.25, 0.3) is 5.56 Å². The van der Waals surface area contributed by atoms with Gasteiger partial charge < -0.3 is 14.6 Å². The fourth-order valence-corrected chi connectivity index (χ4v) is 1.79. The highest BCUT2D eigenvalue weighted by Crippen LogP contribution is 2.14. The van der Waals surface area contributed by atoms with Gasteiger partial charge in [0.2, 0.25) is 5.91 Å². The zero-order chi connectivity index (χ0) is 15.9. The Balaban J connectivity index is 1.86. The van der Waals surface area contributed by atoms with Gasteiger partial charge in [-0.2, -0.15) is 8.78 Å². The number of rotatable bonds is 6. The van der Waals surface area contributed by atoms with E-state index in [9.17, 15) is 18.4 Å². The fraction of sp³-hybridized carbons (Fsp3) is 0.200. The van der Waals surface area contributed by atoms with Crippen LogP contribution >= 0.6 is 0 Å². The number of ether oxygens (including phenoxy) is 1. The van der Waals surface area contributed by atoms with Crippen LogP contribution in [0.3, 0.4) is 0 Å². The topological polar surface area (TPSA) is 60.3 Å². The average Bonchev–Trinajstić information content (AvgIpc) is 2.48. The minimum absolute atomic E-state index is 0.0564. The SMILES string of the molecule is O=C(Cn1ccccc1=O)NCc1ccc(OC(F)F)cc1. The predicted octanol–water partition coefficient (Wildman–Crippen LogP) is 1.77. The number of aromatic nitrogens is 1. The van der Waals surface area contributed by atoms with Crippen molar-refractivity contribution in [1.29, 1.82) is 0 Å². The second-order valence-electron chi connectivity index (χ2n) is 4.47. The van der Waals surface area contributed by atoms with E-state index in [0.29, 0.717) is 0 Å². The molecule has 0 aliphatic carbocycles. The summed E-state index contributed by atoms with van der Waals surface area (Å²) in [7, 11) is 0. The highest BCUT2D eigenvalue weighted by molar-refractivity contribution is 5.75. The van der Waals surface area contributed by atoms with Crippen molar-refractivity contribution in [1.82, 2.24) is 9.88 Å². The molecule has 1 heterocycles. The molecule has 116 valence electrons. The Kier molecular flexibility index (Phi) is 5.24. The first-order valence-corrected chi connectivity index (χ1v) is 6.50. The number of hydrogen-bond acceptors (Lipinski definition) is 3. The molecule has 1 N–H and O–H groups in total. The zero-order valence-electron chi connectivity index (χ0n) is 11.5. The number of amides is 1. The highest BCUT2D eigenvalue weighted by Gasteiger charge is 2.05. The molecule has 5 nitrogen and oxygen atoms in total. The molecule has 1 aromatic carbocycles. The molecule has 0 saturated carbocycles. The Morgan fingerprint density at radius 2 is 1.91 bits per heavy atom. The van der Waals surface area contributed by atoms with Gasteiger partial charge >= 0.3 is 6.61 Å². The van der Waals surface area contributed by atoms with Gasteiger partial charge in [0, 0.05) is 18.8 Å². The summed E-state index contributed by atoms with van der Waals surface area (Å²) in [4.78, 5) is 23.2. The minimum atomic E-state index is -2.87. The molecule has 0 saturated heterocycles. The number of halogens is 2. The molecular formula is C15H14F2N2O3. The second-order valence-corrected chi connectivity index (χ2v) is 4.47. The number of benzene rings is 1. The first-order chi connectivity index (χ1) is 10.5. The van der Waals surface area contributed by atoms with Crippen LogP contribution in [0.15, 0.2) is 53.5 Å². The molecule has 2 aromatic rings. The van der Waals surface area contributed by atoms with E-state index < -0.39 is 6.61 Å². The number of alkyl halides is 2. The molecule has 0 bridgehead atoms. The Morgan fingerprint density at radius 1 is 1.18 bits per heavy atom. The largest absolute Gasteiger partial charge is 0.435 e. The van der Waals surface area contributed by atoms with Crippen LogP contribution in [-0.4, -0.2) is 17.1 Å². The van der Waals surface area contributed by atoms with Crippen molar-refractivity contribution in [3.63, 3.8) is 0 Å². The monoisotopic (exact) mass is 308 g/mol. The van der Waals surface area contributed by atoms with Crippen molar-refractivity contribution in [2.75, 3.05) is 0 Å². The summed E-state index contributed by atoms with van der Waals surface area (Å²) >= 11 is 0. The van der Waals surface area contributed by atoms with E-state index >= 15 is 0 Å². The van der Waals surface area contributed by atoms with Gasteiger partial charge in [-0.05, 0) is 23.8 Å². The van der Waals surface area contributed by atoms with Crippen molar-refractivity contribution in [3.05, 3.63) is 64.6 Å². The fourth-order valence-electron chi connectivity index (χ4n) is 1.79. The molecule has 0 unspecified atom stereocenters. The third-order valence-corrected chi connectivity index (χ3v) is 2.85. The summed E-state index contributed by atoms with van der Waals surface area (Å²) in [5.74, 6) is -0.262. The smallest absolute Gasteiger partial charge is 0.387 e. The van der Waals surface area contributed by atoms with Gasteiger partial charge in [-0.25, -0.2) is 0 Å². The van der Waals surface area contributed by atoms with Crippen LogP contribution < -0.4 is 15.6 Å². The van der Waals surface area contributed by atoms with E-state index in [1.54, 1.807) is 24.3 Å². The van der Waals surface area contributed by atoms with Crippen molar-refractivity contribution in [2.45, 2.75) is 19.7 Å². The van der Waals surface area contributed by atoms with Crippen molar-refractivity contribution >= 4 is 5.91 Å². The van der Waals surface area contributed by atoms with E-state index in [4.69, 9.17) is 0 Å². The Labute approximate surface area is 125 Å². The van der Waals surface area contributed by atoms with Gasteiger partial charge in [0.15, 0.2) is 0 Å². The summed E-state index contributed by atoms with van der Waals surface area (Å²) < 4.78 is 29.5. The molecule has 1 amide bonds. The van der Waals surface area contributed by atoms with Gasteiger partial charge in [-0.1, -0.05) is 18.2 Å². The third kappa shape index (κ3) is 4.69. The maximum Gasteiger partial charge on any atom is 0.387 e. The third-order valence-electron chi connectivity index (χ3n) is 2.85. The molecule has 1 aromatic heterocycles. The molecule has 0 fully saturated rings. The molecule has 0 aliphatic heterocycles. The number of carbonyl (C=O) groups is 1. The maximum atomic E-state index is 12.0. The van der Waals surface area contributed by atoms with Crippen LogP contribution in [0.25, 0.3) is 0 Å². The second kappa shape index (κ2) is 7.35. The first kappa shape index (κ1) is 15.7. The predicted molar refractivity (Wildman–Crippen MR) is 75.6 cm³/mol. The van der Waals surface area contributed by atoms with Gasteiger partial charge in [0.1, 0.15) is 12.3 Å². The average molecular weight is 308 g/mol. The normalized spacial score (nSPS) is 10.5. The molecule has 2 rings (SSSR count). The van der Waals surface area contributed by atoms with Crippen LogP contribution in [0.1, 0.15) is 5.56 Å². The summed E-state index contributed by atoms with van der Waals surface area (Å²) in [6.45, 7) is -2.71. The molecule has 22 heavy (non-hydrogen) atoms. The van der Waals surface area contributed by atoms with Crippen LogP contribution in [-0.2, 0) is 17.9 Å². The standard InChI is InChI=1S/C15H14F2N2O3/c16-15(17)22-12-6-4-11(5-7-12)9-18-13(20)10-19-8-2-1-3-14(19)21/h1-8,15H,9-10H2,(H,18,20). The van der Waals surface area contributed by atoms with Crippen LogP contribution in [0, 0.1) is 0 Å². The minimum Gasteiger partial charge on any atom is -0.435 e. The van der Waals surface area contributed by atoms with E-state index in [-0.39, 0.29) is 30.3 Å². The number of carbonyl (C=O) groups excluding carboxylic acids is 1. The van der Waals surface area contributed by atoms with Gasteiger partial charge in [0.05, 0.1) is 0 Å². The lowest BCUT2D eigenvalue weighted by Gasteiger charge is -2.08. The first-order valence-electron chi connectivity index (χ1n) is 6.50. The molecular weight excluding hydrogens is 294 g/mol. The Morgan fingerprint density at radius 3 is 2.55 bits per heavy atom.